The van der Waals surface area contributed by atoms with Crippen LogP contribution in [-0.4, -0.2) is 36.4 Å². The quantitative estimate of drug-likeness (QED) is 0.884. The Bertz CT molecular complexity index is 315. The molecule has 0 unspecified atom stereocenters. The number of aromatic nitrogens is 2. The average Bonchev–Trinajstić information content (AvgIpc) is 2.30. The molecule has 5 nitrogen and oxygen atoms in total. The highest BCUT2D eigenvalue weighted by atomic mass is 35.5. The number of nitrogens with zero attached hydrogens (tertiary/aromatic N) is 3. The Morgan fingerprint density at radius 2 is 1.88 bits per heavy atom. The van der Waals surface area contributed by atoms with Crippen LogP contribution in [0.5, 0.6) is 5.88 Å². The molecule has 2 heterocycles. The third-order valence-electron chi connectivity index (χ3n) is 2.70. The molecule has 0 spiro atoms. The second-order valence-corrected chi connectivity index (χ2v) is 3.76. The molecule has 0 amide bonds. The molecule has 17 heavy (non-hydrogen) atoms. The van der Waals surface area contributed by atoms with E-state index in [-0.39, 0.29) is 24.8 Å². The fraction of sp³-hybridized carbons (Fsp3) is 0.600. The van der Waals surface area contributed by atoms with Crippen molar-refractivity contribution in [3.8, 4) is 5.88 Å². The number of methoxy groups -OCH3 is 1. The Balaban J connectivity index is 0.00000128. The lowest BCUT2D eigenvalue weighted by atomic mass is 10.1. The molecule has 2 N–H and O–H groups in total. The largest absolute Gasteiger partial charge is 0.480 e. The highest BCUT2D eigenvalue weighted by molar-refractivity contribution is 5.85. The number of ether oxygens (including phenoxy) is 1. The number of hydrogen-bond donors (Lipinski definition) is 1. The molecule has 7 heteroatoms. The Morgan fingerprint density at radius 3 is 2.35 bits per heavy atom. The third kappa shape index (κ3) is 4.18. The fourth-order valence-corrected chi connectivity index (χ4v) is 1.72. The van der Waals surface area contributed by atoms with E-state index >= 15 is 0 Å². The lowest BCUT2D eigenvalue weighted by Crippen LogP contribution is -2.40. The van der Waals surface area contributed by atoms with Gasteiger partial charge in [-0.3, -0.25) is 0 Å². The van der Waals surface area contributed by atoms with E-state index in [1.807, 2.05) is 12.1 Å². The van der Waals surface area contributed by atoms with Gasteiger partial charge in [-0.05, 0) is 18.9 Å². The first kappa shape index (κ1) is 16.2. The summed E-state index contributed by atoms with van der Waals surface area (Å²) in [7, 11) is 1.59. The summed E-state index contributed by atoms with van der Waals surface area (Å²) in [4.78, 5) is 2.20. The smallest absolute Gasteiger partial charge is 0.233 e. The van der Waals surface area contributed by atoms with Crippen LogP contribution in [0.3, 0.4) is 0 Å². The number of nitrogens with two attached hydrogens (primary N) is 1. The molecular weight excluding hydrogens is 263 g/mol. The van der Waals surface area contributed by atoms with Gasteiger partial charge in [0.1, 0.15) is 0 Å². The van der Waals surface area contributed by atoms with Crippen molar-refractivity contribution in [2.75, 3.05) is 25.1 Å². The van der Waals surface area contributed by atoms with Gasteiger partial charge in [0.25, 0.3) is 0 Å². The molecule has 1 aromatic rings. The van der Waals surface area contributed by atoms with Crippen LogP contribution in [0.25, 0.3) is 0 Å². The van der Waals surface area contributed by atoms with Crippen LogP contribution < -0.4 is 15.4 Å². The van der Waals surface area contributed by atoms with Crippen molar-refractivity contribution in [2.45, 2.75) is 18.9 Å². The lowest BCUT2D eigenvalue weighted by Gasteiger charge is -2.30. The van der Waals surface area contributed by atoms with Gasteiger partial charge in [-0.25, -0.2) is 0 Å². The number of rotatable bonds is 2. The summed E-state index contributed by atoms with van der Waals surface area (Å²) in [6.45, 7) is 1.92. The Kier molecular flexibility index (Phi) is 7.18. The maximum atomic E-state index is 5.84. The minimum Gasteiger partial charge on any atom is -0.480 e. The summed E-state index contributed by atoms with van der Waals surface area (Å²) in [6, 6.07) is 4.10. The predicted octanol–water partition coefficient (Wildman–Crippen LogP) is 1.26. The predicted molar refractivity (Wildman–Crippen MR) is 72.5 cm³/mol. The van der Waals surface area contributed by atoms with Gasteiger partial charge in [-0.2, -0.15) is 0 Å². The standard InChI is InChI=1S/C10H16N4O.2ClH/c1-15-10-3-2-9(12-13-10)14-6-4-8(11)5-7-14;;/h2-3,8H,4-7,11H2,1H3;2*1H. The summed E-state index contributed by atoms with van der Waals surface area (Å²) in [5.74, 6) is 1.45. The van der Waals surface area contributed by atoms with Gasteiger partial charge in [0.05, 0.1) is 7.11 Å². The van der Waals surface area contributed by atoms with Gasteiger partial charge in [0.15, 0.2) is 5.82 Å². The Hall–Kier alpha value is -0.780. The topological polar surface area (TPSA) is 64.3 Å². The Morgan fingerprint density at radius 1 is 1.24 bits per heavy atom. The maximum absolute atomic E-state index is 5.84. The second-order valence-electron chi connectivity index (χ2n) is 3.76. The number of hydrogen-bond acceptors (Lipinski definition) is 5. The van der Waals surface area contributed by atoms with Crippen molar-refractivity contribution in [1.82, 2.24) is 10.2 Å². The van der Waals surface area contributed by atoms with Crippen LogP contribution in [0.15, 0.2) is 12.1 Å². The van der Waals surface area contributed by atoms with E-state index in [1.54, 1.807) is 7.11 Å². The van der Waals surface area contributed by atoms with E-state index in [0.29, 0.717) is 11.9 Å². The van der Waals surface area contributed by atoms with Gasteiger partial charge in [0, 0.05) is 25.2 Å². The zero-order valence-corrected chi connectivity index (χ0v) is 11.3. The third-order valence-corrected chi connectivity index (χ3v) is 2.70. The van der Waals surface area contributed by atoms with Crippen molar-refractivity contribution in [3.63, 3.8) is 0 Å². The molecular formula is C10H18Cl2N4O. The summed E-state index contributed by atoms with van der Waals surface area (Å²) in [5, 5.41) is 8.05. The zero-order chi connectivity index (χ0) is 10.7. The van der Waals surface area contributed by atoms with Crippen LogP contribution in [0.1, 0.15) is 12.8 Å². The highest BCUT2D eigenvalue weighted by Gasteiger charge is 2.17. The van der Waals surface area contributed by atoms with Crippen LogP contribution in [0, 0.1) is 0 Å². The first-order chi connectivity index (χ1) is 7.29. The van der Waals surface area contributed by atoms with E-state index in [1.165, 1.54) is 0 Å². The van der Waals surface area contributed by atoms with E-state index in [4.69, 9.17) is 10.5 Å². The van der Waals surface area contributed by atoms with Crippen LogP contribution in [0.4, 0.5) is 5.82 Å². The van der Waals surface area contributed by atoms with Gasteiger partial charge in [0.2, 0.25) is 5.88 Å². The molecule has 1 aromatic heterocycles. The van der Waals surface area contributed by atoms with Gasteiger partial charge < -0.3 is 15.4 Å². The molecule has 1 aliphatic rings. The summed E-state index contributed by atoms with van der Waals surface area (Å²) in [6.07, 6.45) is 2.04. The molecule has 1 aliphatic heterocycles. The molecule has 98 valence electrons. The van der Waals surface area contributed by atoms with E-state index in [9.17, 15) is 0 Å². The molecule has 0 aromatic carbocycles. The van der Waals surface area contributed by atoms with Crippen molar-refractivity contribution in [1.29, 1.82) is 0 Å². The van der Waals surface area contributed by atoms with Gasteiger partial charge >= 0.3 is 0 Å². The SMILES string of the molecule is COc1ccc(N2CCC(N)CC2)nn1.Cl.Cl. The number of anilines is 1. The van der Waals surface area contributed by atoms with Crippen molar-refractivity contribution in [2.24, 2.45) is 5.73 Å². The molecule has 0 atom stereocenters. The maximum Gasteiger partial charge on any atom is 0.233 e. The summed E-state index contributed by atoms with van der Waals surface area (Å²) in [5.41, 5.74) is 5.84. The number of piperidine rings is 1. The van der Waals surface area contributed by atoms with Crippen LogP contribution in [-0.2, 0) is 0 Å². The molecule has 0 saturated carbocycles. The van der Waals surface area contributed by atoms with Gasteiger partial charge in [-0.1, -0.05) is 0 Å². The van der Waals surface area contributed by atoms with Crippen LogP contribution >= 0.6 is 24.8 Å². The van der Waals surface area contributed by atoms with Crippen molar-refractivity contribution in [3.05, 3.63) is 12.1 Å². The second kappa shape index (κ2) is 7.53. The van der Waals surface area contributed by atoms with E-state index < -0.39 is 0 Å². The first-order valence-electron chi connectivity index (χ1n) is 5.18. The molecule has 0 aliphatic carbocycles. The van der Waals surface area contributed by atoms with Crippen molar-refractivity contribution < 1.29 is 4.74 Å². The average molecular weight is 281 g/mol. The monoisotopic (exact) mass is 280 g/mol. The highest BCUT2D eigenvalue weighted by Crippen LogP contribution is 2.17. The minimum absolute atomic E-state index is 0. The molecule has 0 bridgehead atoms. The minimum atomic E-state index is 0. The molecule has 1 saturated heterocycles. The molecule has 1 fully saturated rings. The fourth-order valence-electron chi connectivity index (χ4n) is 1.72. The molecule has 0 radical (unpaired) electrons. The zero-order valence-electron chi connectivity index (χ0n) is 9.70. The summed E-state index contributed by atoms with van der Waals surface area (Å²) >= 11 is 0. The van der Waals surface area contributed by atoms with Gasteiger partial charge in [-0.15, -0.1) is 35.0 Å². The van der Waals surface area contributed by atoms with E-state index in [2.05, 4.69) is 15.1 Å². The lowest BCUT2D eigenvalue weighted by molar-refractivity contribution is 0.391. The van der Waals surface area contributed by atoms with Crippen LogP contribution in [0.2, 0.25) is 0 Å². The number of halogens is 2. The van der Waals surface area contributed by atoms with Crippen molar-refractivity contribution >= 4 is 30.6 Å². The first-order valence-corrected chi connectivity index (χ1v) is 5.18. The Labute approximate surface area is 114 Å². The van der Waals surface area contributed by atoms with E-state index in [0.717, 1.165) is 31.7 Å². The normalized spacial score (nSPS) is 15.8. The molecule has 2 rings (SSSR count). The summed E-state index contributed by atoms with van der Waals surface area (Å²) < 4.78 is 4.96.